The van der Waals surface area contributed by atoms with Crippen LogP contribution in [0.2, 0.25) is 0 Å². The van der Waals surface area contributed by atoms with Gasteiger partial charge in [0.1, 0.15) is 11.5 Å². The number of phenolic OH excluding ortho intramolecular Hbond substituents is 2. The summed E-state index contributed by atoms with van der Waals surface area (Å²) in [4.78, 5) is 7.28. The van der Waals surface area contributed by atoms with Gasteiger partial charge < -0.3 is 19.7 Å². The van der Waals surface area contributed by atoms with Crippen LogP contribution in [0.4, 0.5) is 11.4 Å². The number of aliphatic imine (C=N–C) groups is 1. The van der Waals surface area contributed by atoms with Crippen LogP contribution in [0.25, 0.3) is 27.5 Å². The van der Waals surface area contributed by atoms with Crippen molar-refractivity contribution in [2.24, 2.45) is 22.7 Å². The van der Waals surface area contributed by atoms with E-state index < -0.39 is 0 Å². The second-order valence-electron chi connectivity index (χ2n) is 25.6. The molecule has 0 atom stereocenters. The number of hydrogen-bond acceptors (Lipinski definition) is 4. The maximum absolute atomic E-state index is 12.5. The summed E-state index contributed by atoms with van der Waals surface area (Å²) in [5.74, 6) is 3.09. The van der Waals surface area contributed by atoms with E-state index in [9.17, 15) is 10.2 Å². The Morgan fingerprint density at radius 2 is 1.07 bits per heavy atom. The molecule has 0 spiro atoms. The van der Waals surface area contributed by atoms with Crippen LogP contribution in [-0.2, 0) is 54.0 Å². The molecular weight excluding hydrogens is 1090 g/mol. The van der Waals surface area contributed by atoms with Gasteiger partial charge in [-0.05, 0) is 162 Å². The van der Waals surface area contributed by atoms with Gasteiger partial charge in [0.05, 0.1) is 28.1 Å². The first-order valence-corrected chi connectivity index (χ1v) is 27.4. The average Bonchev–Trinajstić information content (AvgIpc) is 3.68. The van der Waals surface area contributed by atoms with Crippen molar-refractivity contribution in [1.82, 2.24) is 4.57 Å². The van der Waals surface area contributed by atoms with Gasteiger partial charge in [-0.1, -0.05) is 105 Å². The van der Waals surface area contributed by atoms with E-state index in [1.165, 1.54) is 66.0 Å². The molecule has 4 bridgehead atoms. The van der Waals surface area contributed by atoms with Crippen molar-refractivity contribution >= 4 is 39.4 Å². The molecule has 8 aromatic rings. The van der Waals surface area contributed by atoms with Crippen LogP contribution >= 0.6 is 0 Å². The Labute approximate surface area is 474 Å². The van der Waals surface area contributed by atoms with Gasteiger partial charge in [-0.15, -0.1) is 24.3 Å². The summed E-state index contributed by atoms with van der Waals surface area (Å²) in [7, 11) is 2.08. The summed E-state index contributed by atoms with van der Waals surface area (Å²) in [6.45, 7) is 30.4. The molecule has 4 aliphatic carbocycles. The van der Waals surface area contributed by atoms with Gasteiger partial charge in [0.25, 0.3) is 0 Å². The molecule has 2 N–H and O–H groups in total. The van der Waals surface area contributed by atoms with Crippen molar-refractivity contribution in [3.05, 3.63) is 210 Å². The molecule has 0 amide bonds. The topological polar surface area (TPSA) is 61.0 Å². The summed E-state index contributed by atoms with van der Waals surface area (Å²) in [6.07, 6.45) is 9.62. The minimum absolute atomic E-state index is 0. The van der Waals surface area contributed by atoms with Crippen molar-refractivity contribution in [3.63, 3.8) is 0 Å². The third kappa shape index (κ3) is 12.1. The van der Waals surface area contributed by atoms with Gasteiger partial charge >= 0.3 is 0 Å². The van der Waals surface area contributed by atoms with Crippen LogP contribution in [0.3, 0.4) is 0 Å². The van der Waals surface area contributed by atoms with Crippen LogP contribution in [-0.4, -0.2) is 28.0 Å². The van der Waals surface area contributed by atoms with Crippen LogP contribution in [0, 0.1) is 38.5 Å². The molecule has 4 aliphatic rings. The number of aromatic nitrogens is 1. The fourth-order valence-electron chi connectivity index (χ4n) is 12.7. The van der Waals surface area contributed by atoms with Crippen molar-refractivity contribution in [3.8, 4) is 17.2 Å². The van der Waals surface area contributed by atoms with Crippen molar-refractivity contribution in [2.75, 3.05) is 11.9 Å². The Kier molecular flexibility index (Phi) is 16.4. The Morgan fingerprint density at radius 3 is 1.53 bits per heavy atom. The standard InChI is InChI=1S/C56H67N3O2.2C7H7.Hf/c1-34-20-38(51(60)45(21-34)56-29-35-22-36(30-56)24-37(23-35)31-56)32-57-46-14-12-13-15-49(46)58(11)33-39-25-42(55(8,9)10)28-50(52(39)61)59-47-18-16-40(53(2,3)4)26-43(47)44-27-41(54(5,6)7)17-19-48(44)59;2*1-7-5-3-2-4-6-7;/h12-21,25-28,32,35-37,60-61H,22-24,29-31,33H2,1-11H3;2*2-6H,1H2;/q;2*-1;. The molecule has 0 radical (unpaired) electrons. The number of rotatable bonds is 7. The number of aryl methyl sites for hydroxylation is 1. The van der Waals surface area contributed by atoms with Crippen LogP contribution in [0.5, 0.6) is 11.5 Å². The monoisotopic (exact) mass is 1180 g/mol. The molecule has 1 aromatic heterocycles. The Bertz CT molecular complexity index is 3200. The minimum atomic E-state index is -0.166. The van der Waals surface area contributed by atoms with Gasteiger partial charge in [-0.2, -0.15) is 49.2 Å². The fourth-order valence-corrected chi connectivity index (χ4v) is 12.7. The predicted molar refractivity (Wildman–Crippen MR) is 319 cm³/mol. The van der Waals surface area contributed by atoms with Gasteiger partial charge in [0, 0.05) is 73.1 Å². The summed E-state index contributed by atoms with van der Waals surface area (Å²) in [5, 5.41) is 26.9. The summed E-state index contributed by atoms with van der Waals surface area (Å²) in [5.41, 5.74) is 14.5. The first kappa shape index (κ1) is 56.2. The van der Waals surface area contributed by atoms with E-state index in [1.807, 2.05) is 85.1 Å². The van der Waals surface area contributed by atoms with E-state index in [1.54, 1.807) is 0 Å². The number of aromatic hydroxyl groups is 2. The number of benzene rings is 7. The zero-order valence-corrected chi connectivity index (χ0v) is 50.9. The number of anilines is 1. The molecule has 4 saturated carbocycles. The number of para-hydroxylation sites is 2. The Morgan fingerprint density at radius 1 is 0.592 bits per heavy atom. The van der Waals surface area contributed by atoms with E-state index in [2.05, 4.69) is 166 Å². The number of phenols is 2. The Balaban J connectivity index is 0.000000443. The normalized spacial score (nSPS) is 19.0. The molecule has 394 valence electrons. The smallest absolute Gasteiger partial charge is 0.144 e. The minimum Gasteiger partial charge on any atom is -0.507 e. The zero-order chi connectivity index (χ0) is 53.6. The van der Waals surface area contributed by atoms with E-state index >= 15 is 0 Å². The first-order valence-electron chi connectivity index (χ1n) is 27.4. The molecule has 1 heterocycles. The molecule has 7 aromatic carbocycles. The van der Waals surface area contributed by atoms with Crippen molar-refractivity contribution in [1.29, 1.82) is 0 Å². The quantitative estimate of drug-likeness (QED) is 0.0950. The number of fused-ring (bicyclic) bond motifs is 3. The van der Waals surface area contributed by atoms with Crippen LogP contribution in [0.15, 0.2) is 151 Å². The predicted octanol–water partition coefficient (Wildman–Crippen LogP) is 18.0. The van der Waals surface area contributed by atoms with Crippen LogP contribution < -0.4 is 4.90 Å². The summed E-state index contributed by atoms with van der Waals surface area (Å²) >= 11 is 0. The van der Waals surface area contributed by atoms with Crippen molar-refractivity contribution < 1.29 is 36.1 Å². The maximum atomic E-state index is 12.5. The average molecular weight is 1170 g/mol. The molecule has 4 fully saturated rings. The van der Waals surface area contributed by atoms with E-state index in [0.717, 1.165) is 79.2 Å². The molecule has 5 nitrogen and oxygen atoms in total. The second-order valence-corrected chi connectivity index (χ2v) is 25.6. The Hall–Kier alpha value is -5.98. The first-order chi connectivity index (χ1) is 35.5. The zero-order valence-electron chi connectivity index (χ0n) is 47.3. The molecule has 12 rings (SSSR count). The third-order valence-corrected chi connectivity index (χ3v) is 16.4. The maximum Gasteiger partial charge on any atom is 0.144 e. The summed E-state index contributed by atoms with van der Waals surface area (Å²) in [6, 6.07) is 50.4. The van der Waals surface area contributed by atoms with E-state index in [-0.39, 0.29) is 53.3 Å². The number of hydrogen-bond donors (Lipinski definition) is 2. The molecule has 0 saturated heterocycles. The van der Waals surface area contributed by atoms with Gasteiger partial charge in [0.2, 0.25) is 0 Å². The van der Waals surface area contributed by atoms with E-state index in [0.29, 0.717) is 12.3 Å². The van der Waals surface area contributed by atoms with Gasteiger partial charge in [0.15, 0.2) is 0 Å². The van der Waals surface area contributed by atoms with Gasteiger partial charge in [-0.3, -0.25) is 4.99 Å². The number of nitrogens with zero attached hydrogens (tertiary/aromatic N) is 3. The molecule has 0 aliphatic heterocycles. The SMILES string of the molecule is Cc1cc(C=Nc2ccccc2N(C)Cc2cc(C(C)(C)C)cc(-n3c4ccc(C(C)(C)C)cc4c4cc(C(C)(C)C)ccc43)c2O)c(O)c(C23CC4CC(CC(C4)C2)C3)c1.[CH2-]c1ccccc1.[CH2-]c1ccccc1.[Hf]. The largest absolute Gasteiger partial charge is 0.507 e. The van der Waals surface area contributed by atoms with Crippen molar-refractivity contribution in [2.45, 2.75) is 136 Å². The van der Waals surface area contributed by atoms with E-state index in [4.69, 9.17) is 4.99 Å². The molecule has 0 unspecified atom stereocenters. The molecule has 6 heteroatoms. The fraction of sp³-hybridized carbons (Fsp3) is 0.357. The summed E-state index contributed by atoms with van der Waals surface area (Å²) < 4.78 is 2.28. The third-order valence-electron chi connectivity index (χ3n) is 16.4. The van der Waals surface area contributed by atoms with Gasteiger partial charge in [-0.25, -0.2) is 0 Å². The molecular formula is C70H81HfN3O2-2. The van der Waals surface area contributed by atoms with Crippen LogP contribution in [0.1, 0.15) is 151 Å². The molecule has 76 heavy (non-hydrogen) atoms. The second kappa shape index (κ2) is 22.2.